The minimum absolute atomic E-state index is 0.0216. The van der Waals surface area contributed by atoms with E-state index in [0.29, 0.717) is 12.1 Å². The van der Waals surface area contributed by atoms with Crippen molar-refractivity contribution in [2.45, 2.75) is 32.6 Å². The molecule has 0 saturated heterocycles. The largest absolute Gasteiger partial charge is 0.384 e. The number of nitrogen functional groups attached to an aromatic ring is 1. The maximum absolute atomic E-state index is 11.0. The minimum atomic E-state index is -0.444. The minimum Gasteiger partial charge on any atom is -0.384 e. The topological polar surface area (TPSA) is 94.9 Å². The summed E-state index contributed by atoms with van der Waals surface area (Å²) in [6.45, 7) is 6.23. The number of pyridine rings is 1. The Balaban J connectivity index is 2.32. The van der Waals surface area contributed by atoms with E-state index in [0.717, 1.165) is 10.7 Å². The third kappa shape index (κ3) is 3.11. The lowest BCUT2D eigenvalue weighted by Gasteiger charge is -2.14. The lowest BCUT2D eigenvalue weighted by atomic mass is 9.93. The summed E-state index contributed by atoms with van der Waals surface area (Å²) in [5.41, 5.74) is 6.87. The second-order valence-electron chi connectivity index (χ2n) is 5.51. The highest BCUT2D eigenvalue weighted by atomic mass is 32.1. The summed E-state index contributed by atoms with van der Waals surface area (Å²) in [7, 11) is 0. The van der Waals surface area contributed by atoms with Crippen LogP contribution in [0.3, 0.4) is 0 Å². The smallest absolute Gasteiger partial charge is 0.291 e. The van der Waals surface area contributed by atoms with Crippen LogP contribution < -0.4 is 5.73 Å². The molecular weight excluding hydrogens is 276 g/mol. The van der Waals surface area contributed by atoms with Crippen molar-refractivity contribution in [2.24, 2.45) is 0 Å². The summed E-state index contributed by atoms with van der Waals surface area (Å²) in [4.78, 5) is 19.1. The van der Waals surface area contributed by atoms with Crippen LogP contribution in [0, 0.1) is 10.1 Å². The molecule has 20 heavy (non-hydrogen) atoms. The van der Waals surface area contributed by atoms with Crippen molar-refractivity contribution in [3.8, 4) is 0 Å². The number of hydrogen-bond donors (Lipinski definition) is 1. The molecule has 0 aliphatic heterocycles. The molecule has 7 heteroatoms. The van der Waals surface area contributed by atoms with Crippen LogP contribution in [-0.4, -0.2) is 14.9 Å². The quantitative estimate of drug-likeness (QED) is 0.693. The number of aromatic nitrogens is 2. The highest BCUT2D eigenvalue weighted by Crippen LogP contribution is 2.27. The maximum atomic E-state index is 11.0. The Hall–Kier alpha value is -2.02. The van der Waals surface area contributed by atoms with Crippen molar-refractivity contribution in [1.29, 1.82) is 0 Å². The number of anilines is 1. The molecule has 2 aromatic heterocycles. The lowest BCUT2D eigenvalue weighted by molar-refractivity contribution is -0.385. The van der Waals surface area contributed by atoms with Crippen molar-refractivity contribution in [1.82, 2.24) is 9.97 Å². The zero-order valence-electron chi connectivity index (χ0n) is 11.6. The van der Waals surface area contributed by atoms with Crippen LogP contribution in [0.15, 0.2) is 17.5 Å². The molecule has 0 amide bonds. The first-order valence-electron chi connectivity index (χ1n) is 6.12. The van der Waals surface area contributed by atoms with E-state index in [-0.39, 0.29) is 16.9 Å². The van der Waals surface area contributed by atoms with Gasteiger partial charge in [-0.2, -0.15) is 0 Å². The fourth-order valence-electron chi connectivity index (χ4n) is 1.69. The van der Waals surface area contributed by atoms with Gasteiger partial charge in [0.2, 0.25) is 0 Å². The average Bonchev–Trinajstić information content (AvgIpc) is 2.76. The van der Waals surface area contributed by atoms with Gasteiger partial charge >= 0.3 is 0 Å². The Morgan fingerprint density at radius 2 is 2.05 bits per heavy atom. The monoisotopic (exact) mass is 292 g/mol. The molecule has 0 fully saturated rings. The molecule has 0 unspecified atom stereocenters. The predicted octanol–water partition coefficient (Wildman–Crippen LogP) is 2.92. The number of rotatable bonds is 3. The van der Waals surface area contributed by atoms with Gasteiger partial charge in [-0.25, -0.2) is 9.97 Å². The second-order valence-corrected chi connectivity index (χ2v) is 6.45. The summed E-state index contributed by atoms with van der Waals surface area (Å²) < 4.78 is 0. The van der Waals surface area contributed by atoms with Gasteiger partial charge in [-0.1, -0.05) is 20.8 Å². The highest BCUT2D eigenvalue weighted by Gasteiger charge is 2.20. The SMILES string of the molecule is CC(C)(C)c1csc(Cc2nc(N)ccc2[N+](=O)[O-])n1. The predicted molar refractivity (Wildman–Crippen MR) is 78.9 cm³/mol. The average molecular weight is 292 g/mol. The fourth-order valence-corrected chi connectivity index (χ4v) is 2.71. The van der Waals surface area contributed by atoms with Crippen LogP contribution >= 0.6 is 11.3 Å². The van der Waals surface area contributed by atoms with Crippen LogP contribution in [0.25, 0.3) is 0 Å². The van der Waals surface area contributed by atoms with E-state index in [1.54, 1.807) is 0 Å². The molecular formula is C13H16N4O2S. The van der Waals surface area contributed by atoms with Gasteiger partial charge in [-0.15, -0.1) is 11.3 Å². The summed E-state index contributed by atoms with van der Waals surface area (Å²) in [5.74, 6) is 0.276. The first-order chi connectivity index (χ1) is 9.27. The Morgan fingerprint density at radius 1 is 1.35 bits per heavy atom. The summed E-state index contributed by atoms with van der Waals surface area (Å²) in [5, 5.41) is 13.8. The Bertz CT molecular complexity index is 646. The highest BCUT2D eigenvalue weighted by molar-refractivity contribution is 7.09. The number of hydrogen-bond acceptors (Lipinski definition) is 6. The van der Waals surface area contributed by atoms with Gasteiger partial charge in [0.05, 0.1) is 15.6 Å². The van der Waals surface area contributed by atoms with Crippen molar-refractivity contribution < 1.29 is 4.92 Å². The van der Waals surface area contributed by atoms with Crippen LogP contribution in [0.2, 0.25) is 0 Å². The van der Waals surface area contributed by atoms with Crippen molar-refractivity contribution in [2.75, 3.05) is 5.73 Å². The Morgan fingerprint density at radius 3 is 2.60 bits per heavy atom. The normalized spacial score (nSPS) is 11.6. The molecule has 0 spiro atoms. The third-order valence-corrected chi connectivity index (χ3v) is 3.66. The number of nitro groups is 1. The van der Waals surface area contributed by atoms with Gasteiger partial charge in [-0.05, 0) is 6.07 Å². The molecule has 2 heterocycles. The zero-order valence-corrected chi connectivity index (χ0v) is 12.4. The summed E-state index contributed by atoms with van der Waals surface area (Å²) >= 11 is 1.48. The van der Waals surface area contributed by atoms with Gasteiger partial charge in [-0.3, -0.25) is 10.1 Å². The van der Waals surface area contributed by atoms with Crippen LogP contribution in [0.4, 0.5) is 11.5 Å². The molecule has 0 aliphatic carbocycles. The van der Waals surface area contributed by atoms with Crippen LogP contribution in [-0.2, 0) is 11.8 Å². The first-order valence-corrected chi connectivity index (χ1v) is 7.00. The van der Waals surface area contributed by atoms with E-state index in [1.807, 2.05) is 5.38 Å². The van der Waals surface area contributed by atoms with Crippen molar-refractivity contribution in [3.63, 3.8) is 0 Å². The van der Waals surface area contributed by atoms with E-state index in [1.165, 1.54) is 23.5 Å². The lowest BCUT2D eigenvalue weighted by Crippen LogP contribution is -2.11. The van der Waals surface area contributed by atoms with Crippen molar-refractivity contribution >= 4 is 22.8 Å². The van der Waals surface area contributed by atoms with Gasteiger partial charge in [0.1, 0.15) is 11.5 Å². The second kappa shape index (κ2) is 5.16. The summed E-state index contributed by atoms with van der Waals surface area (Å²) in [6, 6.07) is 2.82. The molecule has 6 nitrogen and oxygen atoms in total. The van der Waals surface area contributed by atoms with Crippen LogP contribution in [0.1, 0.15) is 37.2 Å². The van der Waals surface area contributed by atoms with Gasteiger partial charge < -0.3 is 5.73 Å². The number of thiazole rings is 1. The summed E-state index contributed by atoms with van der Waals surface area (Å²) in [6.07, 6.45) is 0.322. The van der Waals surface area contributed by atoms with Gasteiger partial charge in [0, 0.05) is 23.3 Å². The molecule has 0 aliphatic rings. The molecule has 0 radical (unpaired) electrons. The van der Waals surface area contributed by atoms with Gasteiger partial charge in [0.25, 0.3) is 5.69 Å². The molecule has 0 aromatic carbocycles. The number of nitrogens with two attached hydrogens (primary N) is 1. The van der Waals surface area contributed by atoms with E-state index in [2.05, 4.69) is 30.7 Å². The number of nitrogens with zero attached hydrogens (tertiary/aromatic N) is 3. The van der Waals surface area contributed by atoms with Crippen LogP contribution in [0.5, 0.6) is 0 Å². The van der Waals surface area contributed by atoms with E-state index < -0.39 is 4.92 Å². The van der Waals surface area contributed by atoms with Gasteiger partial charge in [0.15, 0.2) is 0 Å². The molecule has 106 valence electrons. The van der Waals surface area contributed by atoms with E-state index in [4.69, 9.17) is 5.73 Å². The molecule has 2 aromatic rings. The fraction of sp³-hybridized carbons (Fsp3) is 0.385. The first kappa shape index (κ1) is 14.4. The van der Waals surface area contributed by atoms with E-state index in [9.17, 15) is 10.1 Å². The maximum Gasteiger partial charge on any atom is 0.291 e. The molecule has 2 N–H and O–H groups in total. The molecule has 2 rings (SSSR count). The third-order valence-electron chi connectivity index (χ3n) is 2.81. The molecule has 0 atom stereocenters. The standard InChI is InChI=1S/C13H16N4O2S/c1-13(2,3)10-7-20-12(16-10)6-8-9(17(18)19)4-5-11(14)15-8/h4-5,7H,6H2,1-3H3,(H2,14,15). The Labute approximate surface area is 120 Å². The molecule has 0 saturated carbocycles. The molecule has 0 bridgehead atoms. The Kier molecular flexibility index (Phi) is 3.71. The van der Waals surface area contributed by atoms with E-state index >= 15 is 0 Å². The van der Waals surface area contributed by atoms with Crippen molar-refractivity contribution in [3.05, 3.63) is 44.0 Å². The zero-order chi connectivity index (χ0) is 14.9.